The summed E-state index contributed by atoms with van der Waals surface area (Å²) in [6.07, 6.45) is 3.94. The number of hydrogen-bond donors (Lipinski definition) is 3. The van der Waals surface area contributed by atoms with E-state index in [1.807, 2.05) is 13.8 Å². The van der Waals surface area contributed by atoms with Crippen molar-refractivity contribution in [2.45, 2.75) is 77.9 Å². The van der Waals surface area contributed by atoms with Crippen LogP contribution in [0.5, 0.6) is 5.75 Å². The van der Waals surface area contributed by atoms with Gasteiger partial charge in [0.15, 0.2) is 5.78 Å². The van der Waals surface area contributed by atoms with Crippen LogP contribution in [0.3, 0.4) is 0 Å². The summed E-state index contributed by atoms with van der Waals surface area (Å²) >= 11 is 0. The zero-order valence-corrected chi connectivity index (χ0v) is 29.7. The Hall–Kier alpha value is -5.93. The highest BCUT2D eigenvalue weighted by molar-refractivity contribution is 6.12. The van der Waals surface area contributed by atoms with Crippen LogP contribution in [-0.4, -0.2) is 70.4 Å². The molecule has 16 nitrogen and oxygen atoms in total. The van der Waals surface area contributed by atoms with Crippen LogP contribution in [-0.2, 0) is 41.7 Å². The van der Waals surface area contributed by atoms with E-state index in [4.69, 9.17) is 15.2 Å². The van der Waals surface area contributed by atoms with Crippen molar-refractivity contribution < 1.29 is 48.0 Å². The third-order valence-corrected chi connectivity index (χ3v) is 8.51. The summed E-state index contributed by atoms with van der Waals surface area (Å²) < 4.78 is 10.1. The summed E-state index contributed by atoms with van der Waals surface area (Å²) in [7, 11) is 0. The zero-order chi connectivity index (χ0) is 38.9. The van der Waals surface area contributed by atoms with E-state index in [-0.39, 0.29) is 86.1 Å². The zero-order valence-electron chi connectivity index (χ0n) is 29.7. The fraction of sp³-hybridized carbons (Fsp3) is 0.432. The second-order valence-corrected chi connectivity index (χ2v) is 12.9. The van der Waals surface area contributed by atoms with Crippen molar-refractivity contribution >= 4 is 47.2 Å². The number of urea groups is 1. The first-order valence-electron chi connectivity index (χ1n) is 17.3. The van der Waals surface area contributed by atoms with Crippen molar-refractivity contribution in [1.82, 2.24) is 15.5 Å². The van der Waals surface area contributed by atoms with Gasteiger partial charge in [0.25, 0.3) is 17.5 Å². The number of hydrogen-bond acceptors (Lipinski definition) is 11. The Morgan fingerprint density at radius 1 is 0.887 bits per heavy atom. The van der Waals surface area contributed by atoms with Gasteiger partial charge in [-0.3, -0.25) is 39.0 Å². The first-order valence-corrected chi connectivity index (χ1v) is 17.3. The number of benzene rings is 2. The topological polar surface area (TPSA) is 234 Å². The fourth-order valence-electron chi connectivity index (χ4n) is 5.49. The minimum Gasteiger partial charge on any atom is -0.429 e. The number of unbranched alkanes of at least 4 members (excludes halogenated alkanes) is 2. The predicted octanol–water partition coefficient (Wildman–Crippen LogP) is 4.07. The molecule has 2 aromatic rings. The van der Waals surface area contributed by atoms with E-state index in [1.54, 1.807) is 24.3 Å². The van der Waals surface area contributed by atoms with Crippen LogP contribution in [0, 0.1) is 22.0 Å². The third kappa shape index (κ3) is 14.3. The van der Waals surface area contributed by atoms with Crippen LogP contribution < -0.4 is 21.1 Å². The Morgan fingerprint density at radius 2 is 1.53 bits per heavy atom. The number of non-ortho nitro benzene ring substituents is 1. The van der Waals surface area contributed by atoms with Gasteiger partial charge in [0.2, 0.25) is 5.91 Å². The second-order valence-electron chi connectivity index (χ2n) is 12.9. The number of nitro groups is 1. The lowest BCUT2D eigenvalue weighted by atomic mass is 9.88. The maximum atomic E-state index is 13.5. The Labute approximate surface area is 306 Å². The molecular formula is C37H45N5O11. The average molecular weight is 736 g/mol. The van der Waals surface area contributed by atoms with Gasteiger partial charge in [-0.15, -0.1) is 0 Å². The van der Waals surface area contributed by atoms with Gasteiger partial charge in [0.05, 0.1) is 11.0 Å². The molecule has 0 bridgehead atoms. The normalized spacial score (nSPS) is 13.4. The van der Waals surface area contributed by atoms with Gasteiger partial charge in [-0.25, -0.2) is 9.59 Å². The predicted molar refractivity (Wildman–Crippen MR) is 190 cm³/mol. The summed E-state index contributed by atoms with van der Waals surface area (Å²) in [5, 5.41) is 16.1. The molecule has 0 aliphatic carbocycles. The lowest BCUT2D eigenvalue weighted by molar-refractivity contribution is -0.384. The molecule has 4 N–H and O–H groups in total. The molecule has 0 aromatic heterocycles. The molecule has 0 radical (unpaired) electrons. The number of nitrogens with zero attached hydrogens (tertiary/aromatic N) is 2. The summed E-state index contributed by atoms with van der Waals surface area (Å²) in [4.78, 5) is 97.8. The van der Waals surface area contributed by atoms with Crippen LogP contribution >= 0.6 is 0 Å². The maximum Gasteiger partial charge on any atom is 0.514 e. The monoisotopic (exact) mass is 735 g/mol. The molecule has 16 heteroatoms. The Morgan fingerprint density at radius 3 is 2.13 bits per heavy atom. The van der Waals surface area contributed by atoms with Gasteiger partial charge in [0, 0.05) is 62.6 Å². The number of carbonyl (C=O) groups is 7. The lowest BCUT2D eigenvalue weighted by Gasteiger charge is -2.24. The highest BCUT2D eigenvalue weighted by atomic mass is 16.7. The van der Waals surface area contributed by atoms with E-state index in [0.717, 1.165) is 4.90 Å². The molecule has 1 aliphatic rings. The number of ether oxygens (including phenoxy) is 2. The number of primary amides is 1. The Kier molecular flexibility index (Phi) is 16.3. The second kappa shape index (κ2) is 20.8. The van der Waals surface area contributed by atoms with Crippen molar-refractivity contribution in [2.24, 2.45) is 17.6 Å². The van der Waals surface area contributed by atoms with Crippen LogP contribution in [0.15, 0.2) is 60.7 Å². The van der Waals surface area contributed by atoms with Gasteiger partial charge >= 0.3 is 12.2 Å². The molecular weight excluding hydrogens is 690 g/mol. The number of ketones is 2. The van der Waals surface area contributed by atoms with E-state index < -0.39 is 35.0 Å². The quantitative estimate of drug-likeness (QED) is 0.0389. The number of amides is 5. The van der Waals surface area contributed by atoms with Crippen LogP contribution in [0.2, 0.25) is 0 Å². The molecule has 0 fully saturated rings. The molecule has 2 atom stereocenters. The number of nitrogens with one attached hydrogen (secondary N) is 2. The van der Waals surface area contributed by atoms with Crippen LogP contribution in [0.1, 0.15) is 69.9 Å². The van der Waals surface area contributed by atoms with Gasteiger partial charge < -0.3 is 25.8 Å². The van der Waals surface area contributed by atoms with Crippen molar-refractivity contribution in [3.63, 3.8) is 0 Å². The average Bonchev–Trinajstić information content (AvgIpc) is 3.43. The Bertz CT molecular complexity index is 1650. The highest BCUT2D eigenvalue weighted by Gasteiger charge is 2.29. The molecule has 3 rings (SSSR count). The van der Waals surface area contributed by atoms with Gasteiger partial charge in [0.1, 0.15) is 18.1 Å². The summed E-state index contributed by atoms with van der Waals surface area (Å²) in [6, 6.07) is 9.99. The van der Waals surface area contributed by atoms with Gasteiger partial charge in [-0.05, 0) is 54.9 Å². The van der Waals surface area contributed by atoms with Crippen LogP contribution in [0.4, 0.5) is 15.3 Å². The molecule has 0 saturated carbocycles. The molecule has 1 heterocycles. The van der Waals surface area contributed by atoms with Crippen molar-refractivity contribution in [1.29, 1.82) is 0 Å². The standard InChI is InChI=1S/C37H45N5O11/c1-24(2)30(22-28(43)7-4-3-5-20-41-33(45)17-18-34(41)46)35(47)40-31(8-6-19-39-36(38)48)32(44)21-25-9-11-26(12-10-25)23-52-37(49)53-29-15-13-27(14-16-29)42(50)51/h9-18,24,30-31H,3-8,19-23H2,1-2H3,(H,40,47)(H3,38,39,48)/t30-,31-/m1/s1. The van der Waals surface area contributed by atoms with Crippen molar-refractivity contribution in [2.75, 3.05) is 13.1 Å². The maximum absolute atomic E-state index is 13.5. The lowest BCUT2D eigenvalue weighted by Crippen LogP contribution is -2.46. The van der Waals surface area contributed by atoms with Crippen LogP contribution in [0.25, 0.3) is 0 Å². The molecule has 5 amide bonds. The molecule has 1 aliphatic heterocycles. The van der Waals surface area contributed by atoms with E-state index in [2.05, 4.69) is 10.6 Å². The number of nitro benzene ring substituents is 1. The summed E-state index contributed by atoms with van der Waals surface area (Å²) in [6.45, 7) is 3.98. The van der Waals surface area contributed by atoms with E-state index >= 15 is 0 Å². The van der Waals surface area contributed by atoms with E-state index in [0.29, 0.717) is 36.8 Å². The number of nitrogens with two attached hydrogens (primary N) is 1. The largest absolute Gasteiger partial charge is 0.514 e. The van der Waals surface area contributed by atoms with Gasteiger partial charge in [-0.1, -0.05) is 44.5 Å². The fourth-order valence-corrected chi connectivity index (χ4v) is 5.49. The Balaban J connectivity index is 1.52. The first-order chi connectivity index (χ1) is 25.2. The first kappa shape index (κ1) is 41.5. The molecule has 0 unspecified atom stereocenters. The van der Waals surface area contributed by atoms with Crippen molar-refractivity contribution in [3.05, 3.63) is 81.9 Å². The SMILES string of the molecule is CC(C)[C@@H](CC(=O)CCCCCN1C(=O)C=CC1=O)C(=O)N[C@H](CCCNC(N)=O)C(=O)Cc1ccc(COC(=O)Oc2ccc([N+](=O)[O-])cc2)cc1. The van der Waals surface area contributed by atoms with Gasteiger partial charge in [-0.2, -0.15) is 0 Å². The molecule has 53 heavy (non-hydrogen) atoms. The molecule has 284 valence electrons. The number of rotatable bonds is 22. The minimum atomic E-state index is -1.01. The highest BCUT2D eigenvalue weighted by Crippen LogP contribution is 2.20. The van der Waals surface area contributed by atoms with E-state index in [9.17, 15) is 43.7 Å². The number of carbonyl (C=O) groups excluding carboxylic acids is 7. The number of imide groups is 1. The smallest absolute Gasteiger partial charge is 0.429 e. The molecule has 0 spiro atoms. The molecule has 2 aromatic carbocycles. The molecule has 0 saturated heterocycles. The number of Topliss-reactive ketones (excluding diaryl/α,β-unsaturated/α-hetero) is 2. The summed E-state index contributed by atoms with van der Waals surface area (Å²) in [5.41, 5.74) is 6.23. The van der Waals surface area contributed by atoms with E-state index in [1.165, 1.54) is 36.4 Å². The third-order valence-electron chi connectivity index (χ3n) is 8.51. The summed E-state index contributed by atoms with van der Waals surface area (Å²) in [5.74, 6) is -2.32. The van der Waals surface area contributed by atoms with Crippen molar-refractivity contribution in [3.8, 4) is 5.75 Å². The minimum absolute atomic E-state index is 0.00832.